The molecule has 1 heterocycles. The lowest BCUT2D eigenvalue weighted by Crippen LogP contribution is -2.36. The van der Waals surface area contributed by atoms with Gasteiger partial charge >= 0.3 is 6.03 Å². The maximum atomic E-state index is 13.1. The van der Waals surface area contributed by atoms with Crippen LogP contribution in [0.4, 0.5) is 4.79 Å². The number of carbonyl (C=O) groups is 1. The average molecular weight is 549 g/mol. The number of fused-ring (bicyclic) bond motifs is 1. The van der Waals surface area contributed by atoms with Gasteiger partial charge in [-0.05, 0) is 67.7 Å². The Morgan fingerprint density at radius 1 is 1.22 bits per heavy atom. The van der Waals surface area contributed by atoms with Gasteiger partial charge in [-0.2, -0.15) is 0 Å². The van der Waals surface area contributed by atoms with Gasteiger partial charge in [0, 0.05) is 18.3 Å². The molecule has 1 unspecified atom stereocenters. The Morgan fingerprint density at radius 2 is 1.97 bits per heavy atom. The van der Waals surface area contributed by atoms with Gasteiger partial charge in [-0.1, -0.05) is 66.2 Å². The molecule has 3 N–H and O–H groups in total. The second-order valence-electron chi connectivity index (χ2n) is 8.93. The van der Waals surface area contributed by atoms with Gasteiger partial charge in [-0.3, -0.25) is 0 Å². The number of rotatable bonds is 8. The topological polar surface area (TPSA) is 87.3 Å². The monoisotopic (exact) mass is 547 g/mol. The van der Waals surface area contributed by atoms with Crippen molar-refractivity contribution in [1.29, 1.82) is 0 Å². The van der Waals surface area contributed by atoms with Crippen LogP contribution in [0, 0.1) is 0 Å². The summed E-state index contributed by atoms with van der Waals surface area (Å²) in [6.07, 6.45) is 5.16. The van der Waals surface area contributed by atoms with E-state index >= 15 is 0 Å². The summed E-state index contributed by atoms with van der Waals surface area (Å²) in [5.41, 5.74) is 4.26. The molecular formula is C27H31Cl2N3O3S. The molecule has 36 heavy (non-hydrogen) atoms. The molecule has 0 aliphatic carbocycles. The van der Waals surface area contributed by atoms with Gasteiger partial charge in [-0.15, -0.1) is 0 Å². The zero-order chi connectivity index (χ0) is 26.5. The van der Waals surface area contributed by atoms with Crippen LogP contribution in [-0.2, 0) is 28.6 Å². The van der Waals surface area contributed by atoms with Gasteiger partial charge in [0.2, 0.25) is 0 Å². The fourth-order valence-electron chi connectivity index (χ4n) is 4.01. The van der Waals surface area contributed by atoms with E-state index in [0.29, 0.717) is 27.3 Å². The minimum Gasteiger partial charge on any atom is -0.331 e. The van der Waals surface area contributed by atoms with E-state index in [9.17, 15) is 13.2 Å². The number of carbonyl (C=O) groups excluding carboxylic acids is 1. The highest BCUT2D eigenvalue weighted by atomic mass is 35.5. The molecule has 6 nitrogen and oxygen atoms in total. The van der Waals surface area contributed by atoms with Crippen molar-refractivity contribution < 1.29 is 13.2 Å². The lowest BCUT2D eigenvalue weighted by Gasteiger charge is -2.23. The van der Waals surface area contributed by atoms with E-state index in [1.165, 1.54) is 29.4 Å². The van der Waals surface area contributed by atoms with Crippen LogP contribution in [-0.4, -0.2) is 20.5 Å². The van der Waals surface area contributed by atoms with Crippen LogP contribution in [0.1, 0.15) is 49.1 Å². The highest BCUT2D eigenvalue weighted by Gasteiger charge is 2.19. The molecular weight excluding hydrogens is 517 g/mol. The first-order valence-corrected chi connectivity index (χ1v) is 14.0. The van der Waals surface area contributed by atoms with Gasteiger partial charge < -0.3 is 16.0 Å². The Labute approximate surface area is 223 Å². The third-order valence-corrected chi connectivity index (χ3v) is 8.53. The van der Waals surface area contributed by atoms with Crippen molar-refractivity contribution in [3.05, 3.63) is 104 Å². The van der Waals surface area contributed by atoms with Gasteiger partial charge in [0.1, 0.15) is 0 Å². The molecule has 0 fully saturated rings. The number of nitrogens with one attached hydrogen (secondary N) is 3. The van der Waals surface area contributed by atoms with Crippen LogP contribution in [0.2, 0.25) is 10.0 Å². The SMILES string of the molecule is C=C/C(=C\C=C(/C)NC(=O)N[C@@H](C)c1cccc(Cl)c1Cl)S(=O)(=O)Cc1ccc2c(c1)CC(C)NC2. The lowest BCUT2D eigenvalue weighted by molar-refractivity contribution is 0.240. The number of amides is 2. The summed E-state index contributed by atoms with van der Waals surface area (Å²) in [6, 6.07) is 10.5. The molecule has 0 bridgehead atoms. The van der Waals surface area contributed by atoms with Gasteiger partial charge in [-0.25, -0.2) is 13.2 Å². The quantitative estimate of drug-likeness (QED) is 0.355. The summed E-state index contributed by atoms with van der Waals surface area (Å²) < 4.78 is 26.1. The number of sulfone groups is 1. The van der Waals surface area contributed by atoms with Crippen LogP contribution in [0.5, 0.6) is 0 Å². The molecule has 2 aromatic rings. The molecule has 2 aromatic carbocycles. The van der Waals surface area contributed by atoms with Crippen molar-refractivity contribution in [1.82, 2.24) is 16.0 Å². The summed E-state index contributed by atoms with van der Waals surface area (Å²) >= 11 is 12.3. The molecule has 1 aliphatic heterocycles. The summed E-state index contributed by atoms with van der Waals surface area (Å²) in [5, 5.41) is 9.67. The van der Waals surface area contributed by atoms with Gasteiger partial charge in [0.15, 0.2) is 9.84 Å². The van der Waals surface area contributed by atoms with Crippen molar-refractivity contribution in [3.8, 4) is 0 Å². The standard InChI is InChI=1S/C27H31Cl2N3O3S/c1-5-23(36(34,35)16-20-10-11-21-15-30-18(3)13-22(21)14-20)12-9-17(2)31-27(33)32-19(4)24-7-6-8-25(28)26(24)29/h5-12,14,18-19,30H,1,13,15-16H2,2-4H3,(H2,31,32,33)/b17-9+,23-12+/t18?,19-/m0/s1. The Morgan fingerprint density at radius 3 is 2.69 bits per heavy atom. The van der Waals surface area contributed by atoms with Crippen molar-refractivity contribution in [2.75, 3.05) is 0 Å². The Bertz CT molecular complexity index is 1320. The first-order chi connectivity index (χ1) is 17.0. The molecule has 192 valence electrons. The second kappa shape index (κ2) is 12.1. The molecule has 3 rings (SSSR count). The molecule has 0 saturated heterocycles. The second-order valence-corrected chi connectivity index (χ2v) is 11.7. The molecule has 2 amide bonds. The van der Waals surface area contributed by atoms with Crippen molar-refractivity contribution in [3.63, 3.8) is 0 Å². The van der Waals surface area contributed by atoms with E-state index in [0.717, 1.165) is 18.5 Å². The van der Waals surface area contributed by atoms with Crippen molar-refractivity contribution in [2.45, 2.75) is 51.6 Å². The summed E-state index contributed by atoms with van der Waals surface area (Å²) in [7, 11) is -3.63. The van der Waals surface area contributed by atoms with Crippen LogP contribution < -0.4 is 16.0 Å². The van der Waals surface area contributed by atoms with E-state index in [1.54, 1.807) is 32.0 Å². The Hall–Kier alpha value is -2.58. The summed E-state index contributed by atoms with van der Waals surface area (Å²) in [5.74, 6) is -0.126. The number of benzene rings is 2. The minimum atomic E-state index is -3.63. The first kappa shape index (κ1) is 28.0. The highest BCUT2D eigenvalue weighted by Crippen LogP contribution is 2.29. The van der Waals surface area contributed by atoms with Crippen LogP contribution in [0.3, 0.4) is 0 Å². The van der Waals surface area contributed by atoms with E-state index in [1.807, 2.05) is 18.2 Å². The first-order valence-electron chi connectivity index (χ1n) is 11.6. The third kappa shape index (κ3) is 7.23. The summed E-state index contributed by atoms with van der Waals surface area (Å²) in [6.45, 7) is 10.0. The maximum absolute atomic E-state index is 13.1. The van der Waals surface area contributed by atoms with Gasteiger partial charge in [0.05, 0.1) is 26.7 Å². The number of allylic oxidation sites excluding steroid dienone is 4. The predicted octanol–water partition coefficient (Wildman–Crippen LogP) is 5.98. The molecule has 0 saturated carbocycles. The van der Waals surface area contributed by atoms with E-state index < -0.39 is 15.9 Å². The molecule has 0 aromatic heterocycles. The Kier molecular flexibility index (Phi) is 9.41. The zero-order valence-electron chi connectivity index (χ0n) is 20.6. The lowest BCUT2D eigenvalue weighted by atomic mass is 9.95. The molecule has 0 spiro atoms. The average Bonchev–Trinajstić information content (AvgIpc) is 2.80. The van der Waals surface area contributed by atoms with Crippen LogP contribution in [0.25, 0.3) is 0 Å². The normalized spacial score (nSPS) is 17.2. The third-order valence-electron chi connectivity index (χ3n) is 5.96. The fourth-order valence-corrected chi connectivity index (χ4v) is 5.80. The molecule has 0 radical (unpaired) electrons. The fraction of sp³-hybridized carbons (Fsp3) is 0.296. The van der Waals surface area contributed by atoms with Crippen LogP contribution in [0.15, 0.2) is 71.8 Å². The molecule has 2 atom stereocenters. The minimum absolute atomic E-state index is 0.0795. The van der Waals surface area contributed by atoms with Crippen molar-refractivity contribution >= 4 is 39.1 Å². The zero-order valence-corrected chi connectivity index (χ0v) is 22.9. The highest BCUT2D eigenvalue weighted by molar-refractivity contribution is 7.94. The maximum Gasteiger partial charge on any atom is 0.319 e. The van der Waals surface area contributed by atoms with Gasteiger partial charge in [0.25, 0.3) is 0 Å². The van der Waals surface area contributed by atoms with E-state index in [4.69, 9.17) is 23.2 Å². The number of halogens is 2. The molecule has 1 aliphatic rings. The number of urea groups is 1. The van der Waals surface area contributed by atoms with Crippen molar-refractivity contribution in [2.24, 2.45) is 0 Å². The number of hydrogen-bond acceptors (Lipinski definition) is 4. The van der Waals surface area contributed by atoms with Crippen LogP contribution >= 0.6 is 23.2 Å². The number of hydrogen-bond donors (Lipinski definition) is 3. The summed E-state index contributed by atoms with van der Waals surface area (Å²) in [4.78, 5) is 12.5. The molecule has 9 heteroatoms. The van der Waals surface area contributed by atoms with E-state index in [2.05, 4.69) is 29.5 Å². The predicted molar refractivity (Wildman–Crippen MR) is 148 cm³/mol. The smallest absolute Gasteiger partial charge is 0.319 e. The van der Waals surface area contributed by atoms with E-state index in [-0.39, 0.29) is 16.7 Å². The Balaban J connectivity index is 1.66. The largest absolute Gasteiger partial charge is 0.331 e.